The van der Waals surface area contributed by atoms with E-state index in [2.05, 4.69) is 20.9 Å². The summed E-state index contributed by atoms with van der Waals surface area (Å²) in [6.45, 7) is 5.89. The topological polar surface area (TPSA) is 81.1 Å². The third-order valence-electron chi connectivity index (χ3n) is 3.91. The Morgan fingerprint density at radius 3 is 2.60 bits per heavy atom. The lowest BCUT2D eigenvalue weighted by Crippen LogP contribution is -2.29. The number of ether oxygens (including phenoxy) is 1. The maximum absolute atomic E-state index is 12.3. The predicted molar refractivity (Wildman–Crippen MR) is 98.6 cm³/mol. The number of piperidine rings is 1. The number of carbonyl (C=O) groups excluding carboxylic acids is 1. The van der Waals surface area contributed by atoms with Crippen molar-refractivity contribution in [3.63, 3.8) is 0 Å². The fraction of sp³-hybridized carbons (Fsp3) is 0.471. The molecular weight excluding hydrogens is 342 g/mol. The van der Waals surface area contributed by atoms with Crippen LogP contribution in [0.3, 0.4) is 0 Å². The van der Waals surface area contributed by atoms with Gasteiger partial charge in [-0.3, -0.25) is 4.79 Å². The molecule has 0 saturated carbocycles. The summed E-state index contributed by atoms with van der Waals surface area (Å²) in [6, 6.07) is 7.61. The van der Waals surface area contributed by atoms with Crippen molar-refractivity contribution in [3.05, 3.63) is 36.2 Å². The van der Waals surface area contributed by atoms with Crippen LogP contribution in [-0.2, 0) is 0 Å². The van der Waals surface area contributed by atoms with Gasteiger partial charge in [-0.25, -0.2) is 4.68 Å². The number of benzene rings is 1. The molecule has 1 amide bonds. The second-order valence-electron chi connectivity index (χ2n) is 6.21. The van der Waals surface area contributed by atoms with Gasteiger partial charge >= 0.3 is 0 Å². The summed E-state index contributed by atoms with van der Waals surface area (Å²) < 4.78 is 7.39. The van der Waals surface area contributed by atoms with Crippen molar-refractivity contribution in [2.24, 2.45) is 0 Å². The number of halogens is 1. The first kappa shape index (κ1) is 19.2. The van der Waals surface area contributed by atoms with E-state index in [1.54, 1.807) is 10.9 Å². The fourth-order valence-electron chi connectivity index (χ4n) is 2.71. The van der Waals surface area contributed by atoms with E-state index in [0.717, 1.165) is 31.7 Å². The Bertz CT molecular complexity index is 681. The van der Waals surface area contributed by atoms with Crippen molar-refractivity contribution >= 4 is 24.0 Å². The summed E-state index contributed by atoms with van der Waals surface area (Å²) in [7, 11) is 0. The lowest BCUT2D eigenvalue weighted by Gasteiger charge is -2.22. The lowest BCUT2D eigenvalue weighted by molar-refractivity contribution is 0.102. The third kappa shape index (κ3) is 5.17. The average molecular weight is 366 g/mol. The molecule has 0 bridgehead atoms. The molecule has 0 atom stereocenters. The molecule has 0 radical (unpaired) electrons. The summed E-state index contributed by atoms with van der Waals surface area (Å²) >= 11 is 0. The van der Waals surface area contributed by atoms with Gasteiger partial charge in [0.2, 0.25) is 0 Å². The van der Waals surface area contributed by atoms with Crippen LogP contribution in [0, 0.1) is 0 Å². The number of rotatable bonds is 5. The van der Waals surface area contributed by atoms with Gasteiger partial charge in [0, 0.05) is 5.69 Å². The van der Waals surface area contributed by atoms with Crippen molar-refractivity contribution in [2.45, 2.75) is 38.8 Å². The van der Waals surface area contributed by atoms with Crippen molar-refractivity contribution in [2.75, 3.05) is 18.4 Å². The molecule has 0 unspecified atom stereocenters. The van der Waals surface area contributed by atoms with E-state index in [4.69, 9.17) is 4.74 Å². The number of nitrogens with zero attached hydrogens (tertiary/aromatic N) is 3. The Balaban J connectivity index is 0.00000225. The molecule has 0 spiro atoms. The number of carbonyl (C=O) groups is 1. The molecule has 2 N–H and O–H groups in total. The van der Waals surface area contributed by atoms with Gasteiger partial charge in [-0.05, 0) is 64.0 Å². The second-order valence-corrected chi connectivity index (χ2v) is 6.21. The number of anilines is 1. The van der Waals surface area contributed by atoms with Crippen LogP contribution < -0.4 is 15.4 Å². The highest BCUT2D eigenvalue weighted by atomic mass is 35.5. The molecule has 1 saturated heterocycles. The van der Waals surface area contributed by atoms with Crippen LogP contribution in [0.1, 0.15) is 43.2 Å². The van der Waals surface area contributed by atoms with Gasteiger partial charge in [-0.15, -0.1) is 17.5 Å². The highest BCUT2D eigenvalue weighted by molar-refractivity contribution is 6.02. The molecule has 2 aromatic rings. The average Bonchev–Trinajstić information content (AvgIpc) is 3.07. The van der Waals surface area contributed by atoms with E-state index in [1.165, 1.54) is 0 Å². The Labute approximate surface area is 153 Å². The maximum Gasteiger partial charge on any atom is 0.277 e. The standard InChI is InChI=1S/C17H23N5O2.ClH/c1-12(2)24-15-5-3-13(4-6-15)19-17(23)16-11-22(21-20-16)14-7-9-18-10-8-14;/h3-6,11-12,14,18H,7-10H2,1-2H3,(H,19,23);1H. The van der Waals surface area contributed by atoms with Gasteiger partial charge in [0.25, 0.3) is 5.91 Å². The van der Waals surface area contributed by atoms with Crippen LogP contribution >= 0.6 is 12.4 Å². The fourth-order valence-corrected chi connectivity index (χ4v) is 2.71. The van der Waals surface area contributed by atoms with E-state index >= 15 is 0 Å². The first-order valence-corrected chi connectivity index (χ1v) is 8.32. The highest BCUT2D eigenvalue weighted by Crippen LogP contribution is 2.19. The van der Waals surface area contributed by atoms with Crippen LogP contribution in [-0.4, -0.2) is 40.1 Å². The number of aromatic nitrogens is 3. The molecule has 1 aliphatic heterocycles. The summed E-state index contributed by atoms with van der Waals surface area (Å²) in [5.41, 5.74) is 1.03. The van der Waals surface area contributed by atoms with Crippen LogP contribution in [0.25, 0.3) is 0 Å². The number of nitrogens with one attached hydrogen (secondary N) is 2. The zero-order valence-corrected chi connectivity index (χ0v) is 15.3. The first-order valence-electron chi connectivity index (χ1n) is 8.32. The Kier molecular flexibility index (Phi) is 6.78. The summed E-state index contributed by atoms with van der Waals surface area (Å²) in [6.07, 6.45) is 3.85. The quantitative estimate of drug-likeness (QED) is 0.851. The van der Waals surface area contributed by atoms with Crippen LogP contribution in [0.4, 0.5) is 5.69 Å². The van der Waals surface area contributed by atoms with Crippen LogP contribution in [0.15, 0.2) is 30.5 Å². The first-order chi connectivity index (χ1) is 11.6. The third-order valence-corrected chi connectivity index (χ3v) is 3.91. The normalized spacial score (nSPS) is 14.8. The van der Waals surface area contributed by atoms with Gasteiger partial charge in [-0.2, -0.15) is 0 Å². The number of hydrogen-bond acceptors (Lipinski definition) is 5. The highest BCUT2D eigenvalue weighted by Gasteiger charge is 2.18. The molecule has 0 aliphatic carbocycles. The minimum atomic E-state index is -0.257. The predicted octanol–water partition coefficient (Wildman–Crippen LogP) is 2.66. The van der Waals surface area contributed by atoms with Crippen molar-refractivity contribution in [1.82, 2.24) is 20.3 Å². The maximum atomic E-state index is 12.3. The Morgan fingerprint density at radius 1 is 1.28 bits per heavy atom. The molecule has 2 heterocycles. The molecule has 1 fully saturated rings. The van der Waals surface area contributed by atoms with E-state index in [0.29, 0.717) is 17.4 Å². The largest absolute Gasteiger partial charge is 0.491 e. The molecule has 136 valence electrons. The van der Waals surface area contributed by atoms with Gasteiger partial charge < -0.3 is 15.4 Å². The molecular formula is C17H24ClN5O2. The van der Waals surface area contributed by atoms with E-state index in [1.807, 2.05) is 38.1 Å². The smallest absolute Gasteiger partial charge is 0.277 e. The molecule has 7 nitrogen and oxygen atoms in total. The zero-order chi connectivity index (χ0) is 16.9. The molecule has 1 aromatic heterocycles. The number of amides is 1. The van der Waals surface area contributed by atoms with Crippen molar-refractivity contribution < 1.29 is 9.53 Å². The molecule has 1 aromatic carbocycles. The van der Waals surface area contributed by atoms with Crippen molar-refractivity contribution in [3.8, 4) is 5.75 Å². The monoisotopic (exact) mass is 365 g/mol. The summed E-state index contributed by atoms with van der Waals surface area (Å²) in [5, 5.41) is 14.3. The van der Waals surface area contributed by atoms with E-state index in [-0.39, 0.29) is 24.4 Å². The molecule has 25 heavy (non-hydrogen) atoms. The second kappa shape index (κ2) is 8.82. The summed E-state index contributed by atoms with van der Waals surface area (Å²) in [5.74, 6) is 0.521. The molecule has 1 aliphatic rings. The van der Waals surface area contributed by atoms with Gasteiger partial charge in [0.05, 0.1) is 18.3 Å². The Hall–Kier alpha value is -2.12. The minimum absolute atomic E-state index is 0. The van der Waals surface area contributed by atoms with Crippen LogP contribution in [0.2, 0.25) is 0 Å². The molecule has 8 heteroatoms. The van der Waals surface area contributed by atoms with E-state index < -0.39 is 0 Å². The van der Waals surface area contributed by atoms with E-state index in [9.17, 15) is 4.79 Å². The van der Waals surface area contributed by atoms with Gasteiger partial charge in [0.15, 0.2) is 5.69 Å². The zero-order valence-electron chi connectivity index (χ0n) is 14.4. The van der Waals surface area contributed by atoms with Gasteiger partial charge in [0.1, 0.15) is 5.75 Å². The van der Waals surface area contributed by atoms with Crippen LogP contribution in [0.5, 0.6) is 5.75 Å². The SMILES string of the molecule is CC(C)Oc1ccc(NC(=O)c2cn(C3CCNCC3)nn2)cc1.Cl. The van der Waals surface area contributed by atoms with Gasteiger partial charge in [-0.1, -0.05) is 5.21 Å². The summed E-state index contributed by atoms with van der Waals surface area (Å²) in [4.78, 5) is 12.3. The number of hydrogen-bond donors (Lipinski definition) is 2. The Morgan fingerprint density at radius 2 is 1.96 bits per heavy atom. The minimum Gasteiger partial charge on any atom is -0.491 e. The van der Waals surface area contributed by atoms with Crippen molar-refractivity contribution in [1.29, 1.82) is 0 Å². The molecule has 3 rings (SSSR count). The lowest BCUT2D eigenvalue weighted by atomic mass is 10.1.